The van der Waals surface area contributed by atoms with Crippen LogP contribution >= 0.6 is 0 Å². The molecule has 1 aromatic heterocycles. The van der Waals surface area contributed by atoms with Gasteiger partial charge in [-0.1, -0.05) is 53.7 Å². The predicted octanol–water partition coefficient (Wildman–Crippen LogP) is 3.82. The molecule has 28 heavy (non-hydrogen) atoms. The molecule has 1 amide bonds. The maximum Gasteiger partial charge on any atom is 0.274 e. The molecule has 0 aliphatic carbocycles. The number of carbonyl (C=O) groups is 1. The lowest BCUT2D eigenvalue weighted by atomic mass is 10.0. The van der Waals surface area contributed by atoms with E-state index in [2.05, 4.69) is 15.1 Å². The summed E-state index contributed by atoms with van der Waals surface area (Å²) >= 11 is 0. The molecule has 0 saturated heterocycles. The number of fused-ring (bicyclic) bond motifs is 1. The number of rotatable bonds is 4. The van der Waals surface area contributed by atoms with Crippen LogP contribution in [0.2, 0.25) is 0 Å². The summed E-state index contributed by atoms with van der Waals surface area (Å²) in [6.07, 6.45) is 1.38. The standard InChI is InChI=1S/C21H16N4O3/c26-21(25-28)17-9-10-18-19(11-17)24-20(23-18)16-7-5-15(6-8-16)14-3-1-13(2-4-14)12-22-27/h1-12,27-28H,(H,23,24)(H,25,26)/b22-12+. The van der Waals surface area contributed by atoms with Gasteiger partial charge in [0.25, 0.3) is 5.91 Å². The topological polar surface area (TPSA) is 111 Å². The molecule has 0 aliphatic heterocycles. The van der Waals surface area contributed by atoms with Crippen LogP contribution in [-0.2, 0) is 0 Å². The van der Waals surface area contributed by atoms with Gasteiger partial charge in [-0.05, 0) is 34.9 Å². The first-order valence-electron chi connectivity index (χ1n) is 8.50. The van der Waals surface area contributed by atoms with Crippen molar-refractivity contribution in [3.8, 4) is 22.5 Å². The number of aromatic nitrogens is 2. The van der Waals surface area contributed by atoms with E-state index in [9.17, 15) is 4.79 Å². The summed E-state index contributed by atoms with van der Waals surface area (Å²) in [6, 6.07) is 20.6. The average molecular weight is 372 g/mol. The SMILES string of the molecule is O=C(NO)c1ccc2nc(-c3ccc(-c4ccc(/C=N/O)cc4)cc3)[nH]c2c1. The Hall–Kier alpha value is -3.97. The highest BCUT2D eigenvalue weighted by atomic mass is 16.5. The van der Waals surface area contributed by atoms with Crippen molar-refractivity contribution in [3.63, 3.8) is 0 Å². The van der Waals surface area contributed by atoms with Crippen molar-refractivity contribution in [1.82, 2.24) is 15.4 Å². The van der Waals surface area contributed by atoms with E-state index in [0.717, 1.165) is 27.8 Å². The van der Waals surface area contributed by atoms with E-state index < -0.39 is 5.91 Å². The summed E-state index contributed by atoms with van der Waals surface area (Å²) in [4.78, 5) is 19.3. The van der Waals surface area contributed by atoms with Gasteiger partial charge in [0.2, 0.25) is 0 Å². The van der Waals surface area contributed by atoms with Gasteiger partial charge in [0.15, 0.2) is 0 Å². The third-order valence-electron chi connectivity index (χ3n) is 4.45. The summed E-state index contributed by atoms with van der Waals surface area (Å²) in [7, 11) is 0. The third-order valence-corrected chi connectivity index (χ3v) is 4.45. The molecule has 4 rings (SSSR count). The van der Waals surface area contributed by atoms with Gasteiger partial charge in [0, 0.05) is 11.1 Å². The van der Waals surface area contributed by atoms with Gasteiger partial charge >= 0.3 is 0 Å². The molecule has 3 aromatic carbocycles. The number of amides is 1. The minimum atomic E-state index is -0.571. The molecule has 0 saturated carbocycles. The molecule has 0 unspecified atom stereocenters. The number of nitrogens with one attached hydrogen (secondary N) is 2. The lowest BCUT2D eigenvalue weighted by Gasteiger charge is -2.03. The molecule has 7 heteroatoms. The second kappa shape index (κ2) is 7.34. The van der Waals surface area contributed by atoms with E-state index in [1.165, 1.54) is 6.21 Å². The first kappa shape index (κ1) is 17.4. The minimum Gasteiger partial charge on any atom is -0.411 e. The molecular formula is C21H16N4O3. The normalized spacial score (nSPS) is 11.2. The highest BCUT2D eigenvalue weighted by molar-refractivity contribution is 5.97. The predicted molar refractivity (Wildman–Crippen MR) is 106 cm³/mol. The van der Waals surface area contributed by atoms with Crippen LogP contribution in [0.25, 0.3) is 33.5 Å². The van der Waals surface area contributed by atoms with Crippen molar-refractivity contribution in [2.45, 2.75) is 0 Å². The molecular weight excluding hydrogens is 356 g/mol. The molecule has 0 atom stereocenters. The summed E-state index contributed by atoms with van der Waals surface area (Å²) in [5.41, 5.74) is 7.24. The second-order valence-electron chi connectivity index (χ2n) is 6.20. The fourth-order valence-corrected chi connectivity index (χ4v) is 3.00. The molecule has 0 radical (unpaired) electrons. The molecule has 4 aromatic rings. The summed E-state index contributed by atoms with van der Waals surface area (Å²) in [5.74, 6) is 0.122. The van der Waals surface area contributed by atoms with Crippen LogP contribution < -0.4 is 5.48 Å². The number of H-pyrrole nitrogens is 1. The zero-order valence-corrected chi connectivity index (χ0v) is 14.6. The van der Waals surface area contributed by atoms with E-state index in [-0.39, 0.29) is 0 Å². The summed E-state index contributed by atoms with van der Waals surface area (Å²) < 4.78 is 0. The van der Waals surface area contributed by atoms with Crippen LogP contribution in [0, 0.1) is 0 Å². The molecule has 1 heterocycles. The van der Waals surface area contributed by atoms with E-state index in [1.807, 2.05) is 48.5 Å². The lowest BCUT2D eigenvalue weighted by Crippen LogP contribution is -2.18. The summed E-state index contributed by atoms with van der Waals surface area (Å²) in [5, 5.41) is 20.4. The maximum atomic E-state index is 11.5. The van der Waals surface area contributed by atoms with Crippen molar-refractivity contribution >= 4 is 23.2 Å². The number of aromatic amines is 1. The monoisotopic (exact) mass is 372 g/mol. The Morgan fingerprint density at radius 3 is 2.25 bits per heavy atom. The van der Waals surface area contributed by atoms with Crippen molar-refractivity contribution in [2.24, 2.45) is 5.16 Å². The molecule has 138 valence electrons. The fourth-order valence-electron chi connectivity index (χ4n) is 3.00. The number of hydroxylamine groups is 1. The van der Waals surface area contributed by atoms with Crippen LogP contribution in [0.1, 0.15) is 15.9 Å². The quantitative estimate of drug-likeness (QED) is 0.189. The Balaban J connectivity index is 1.62. The van der Waals surface area contributed by atoms with Gasteiger partial charge in [-0.25, -0.2) is 10.5 Å². The number of nitrogens with zero attached hydrogens (tertiary/aromatic N) is 2. The van der Waals surface area contributed by atoms with Crippen molar-refractivity contribution < 1.29 is 15.2 Å². The van der Waals surface area contributed by atoms with E-state index in [4.69, 9.17) is 10.4 Å². The molecule has 4 N–H and O–H groups in total. The van der Waals surface area contributed by atoms with E-state index >= 15 is 0 Å². The van der Waals surface area contributed by atoms with Crippen LogP contribution in [0.5, 0.6) is 0 Å². The van der Waals surface area contributed by atoms with Gasteiger partial charge in [-0.15, -0.1) is 0 Å². The number of carbonyl (C=O) groups excluding carboxylic acids is 1. The Morgan fingerprint density at radius 2 is 1.61 bits per heavy atom. The Kier molecular flexibility index (Phi) is 4.57. The number of hydrogen-bond donors (Lipinski definition) is 4. The van der Waals surface area contributed by atoms with Crippen LogP contribution in [0.3, 0.4) is 0 Å². The Bertz CT molecular complexity index is 1160. The van der Waals surface area contributed by atoms with Crippen molar-refractivity contribution in [2.75, 3.05) is 0 Å². The van der Waals surface area contributed by atoms with Crippen LogP contribution in [-0.4, -0.2) is 32.5 Å². The minimum absolute atomic E-state index is 0.343. The average Bonchev–Trinajstić information content (AvgIpc) is 3.17. The second-order valence-corrected chi connectivity index (χ2v) is 6.20. The molecule has 0 bridgehead atoms. The van der Waals surface area contributed by atoms with Gasteiger partial charge in [-0.3, -0.25) is 10.0 Å². The van der Waals surface area contributed by atoms with Crippen LogP contribution in [0.4, 0.5) is 0 Å². The zero-order chi connectivity index (χ0) is 19.5. The van der Waals surface area contributed by atoms with Gasteiger partial charge < -0.3 is 10.2 Å². The third kappa shape index (κ3) is 3.34. The first-order valence-corrected chi connectivity index (χ1v) is 8.50. The smallest absolute Gasteiger partial charge is 0.274 e. The molecule has 0 aliphatic rings. The van der Waals surface area contributed by atoms with Gasteiger partial charge in [-0.2, -0.15) is 0 Å². The number of hydrogen-bond acceptors (Lipinski definition) is 5. The maximum absolute atomic E-state index is 11.5. The zero-order valence-electron chi connectivity index (χ0n) is 14.6. The van der Waals surface area contributed by atoms with Crippen LogP contribution in [0.15, 0.2) is 71.9 Å². The Morgan fingerprint density at radius 1 is 0.964 bits per heavy atom. The molecule has 0 spiro atoms. The van der Waals surface area contributed by atoms with E-state index in [1.54, 1.807) is 23.7 Å². The molecule has 7 nitrogen and oxygen atoms in total. The number of benzene rings is 3. The van der Waals surface area contributed by atoms with Crippen molar-refractivity contribution in [3.05, 3.63) is 77.9 Å². The molecule has 0 fully saturated rings. The highest BCUT2D eigenvalue weighted by Gasteiger charge is 2.09. The fraction of sp³-hybridized carbons (Fsp3) is 0. The van der Waals surface area contributed by atoms with Gasteiger partial charge in [0.1, 0.15) is 5.82 Å². The number of imidazole rings is 1. The summed E-state index contributed by atoms with van der Waals surface area (Å²) in [6.45, 7) is 0. The Labute approximate surface area is 159 Å². The van der Waals surface area contributed by atoms with Gasteiger partial charge in [0.05, 0.1) is 17.2 Å². The highest BCUT2D eigenvalue weighted by Crippen LogP contribution is 2.25. The largest absolute Gasteiger partial charge is 0.411 e. The number of oxime groups is 1. The lowest BCUT2D eigenvalue weighted by molar-refractivity contribution is 0.0706. The first-order chi connectivity index (χ1) is 13.7. The van der Waals surface area contributed by atoms with Crippen molar-refractivity contribution in [1.29, 1.82) is 0 Å². The van der Waals surface area contributed by atoms with E-state index in [0.29, 0.717) is 16.9 Å².